The molecule has 6 rings (SSSR count). The number of carbonyl (C=O) groups excluding carboxylic acids is 3. The number of fused-ring (bicyclic) bond motifs is 1. The maximum atomic E-state index is 14.8. The van der Waals surface area contributed by atoms with E-state index in [9.17, 15) is 40.7 Å². The van der Waals surface area contributed by atoms with Crippen molar-refractivity contribution >= 4 is 29.3 Å². The minimum Gasteiger partial charge on any atom is -0.398 e. The predicted octanol–water partition coefficient (Wildman–Crippen LogP) is 5.76. The first-order valence-corrected chi connectivity index (χ1v) is 18.1. The normalized spacial score (nSPS) is 21.2. The number of amides is 5. The lowest BCUT2D eigenvalue weighted by Crippen LogP contribution is -2.68. The topological polar surface area (TPSA) is 120 Å². The van der Waals surface area contributed by atoms with Gasteiger partial charge in [0, 0.05) is 63.7 Å². The predicted molar refractivity (Wildman–Crippen MR) is 182 cm³/mol. The lowest BCUT2D eigenvalue weighted by atomic mass is 9.92. The molecule has 4 heterocycles. The zero-order chi connectivity index (χ0) is 37.3. The molecule has 52 heavy (non-hydrogen) atoms. The van der Waals surface area contributed by atoms with Crippen LogP contribution in [0.4, 0.5) is 47.3 Å². The van der Waals surface area contributed by atoms with Crippen LogP contribution in [0, 0.1) is 0 Å². The van der Waals surface area contributed by atoms with Crippen LogP contribution in [0.25, 0.3) is 0 Å². The van der Waals surface area contributed by atoms with E-state index in [1.807, 2.05) is 24.3 Å². The van der Waals surface area contributed by atoms with Crippen LogP contribution in [-0.2, 0) is 30.0 Å². The number of nitrogens with one attached hydrogen (secondary N) is 3. The highest BCUT2D eigenvalue weighted by atomic mass is 19.4. The molecule has 16 heteroatoms. The third kappa shape index (κ3) is 7.97. The Morgan fingerprint density at radius 1 is 0.904 bits per heavy atom. The fourth-order valence-electron chi connectivity index (χ4n) is 8.55. The lowest BCUT2D eigenvalue weighted by Gasteiger charge is -2.48. The van der Waals surface area contributed by atoms with Crippen LogP contribution >= 0.6 is 0 Å². The van der Waals surface area contributed by atoms with Crippen molar-refractivity contribution in [1.29, 1.82) is 0 Å². The molecule has 4 aliphatic heterocycles. The smallest absolute Gasteiger partial charge is 0.398 e. The number of halogens is 6. The summed E-state index contributed by atoms with van der Waals surface area (Å²) in [5.41, 5.74) is 2.07. The Balaban J connectivity index is 1.25. The lowest BCUT2D eigenvalue weighted by molar-refractivity contribution is -0.886. The zero-order valence-corrected chi connectivity index (χ0v) is 28.9. The van der Waals surface area contributed by atoms with Gasteiger partial charge in [0.05, 0.1) is 35.9 Å². The Hall–Kier alpha value is -4.05. The molecule has 0 radical (unpaired) electrons. The summed E-state index contributed by atoms with van der Waals surface area (Å²) in [7, 11) is 0. The first-order valence-electron chi connectivity index (χ1n) is 18.1. The van der Waals surface area contributed by atoms with Gasteiger partial charge in [0.1, 0.15) is 6.04 Å². The molecule has 284 valence electrons. The highest BCUT2D eigenvalue weighted by Gasteiger charge is 2.49. The number of nitrogen functional groups attached to an aromatic ring is 1. The average molecular weight is 739 g/mol. The van der Waals surface area contributed by atoms with Crippen molar-refractivity contribution < 1.29 is 45.2 Å². The second-order valence-corrected chi connectivity index (χ2v) is 14.4. The van der Waals surface area contributed by atoms with Gasteiger partial charge < -0.3 is 31.5 Å². The highest BCUT2D eigenvalue weighted by Crippen LogP contribution is 2.42. The Kier molecular flexibility index (Phi) is 11.0. The van der Waals surface area contributed by atoms with Gasteiger partial charge in [0.15, 0.2) is 0 Å². The molecular formula is C36H46F6N7O3+. The number of carbonyl (C=O) groups is 3. The summed E-state index contributed by atoms with van der Waals surface area (Å²) in [6, 6.07) is 6.16. The Morgan fingerprint density at radius 3 is 2.13 bits per heavy atom. The summed E-state index contributed by atoms with van der Waals surface area (Å²) < 4.78 is 84.0. The van der Waals surface area contributed by atoms with Crippen molar-refractivity contribution in [2.24, 2.45) is 0 Å². The zero-order valence-electron chi connectivity index (χ0n) is 28.9. The molecular weight excluding hydrogens is 692 g/mol. The van der Waals surface area contributed by atoms with Crippen LogP contribution in [0.3, 0.4) is 0 Å². The molecule has 10 nitrogen and oxygen atoms in total. The molecule has 0 aliphatic carbocycles. The number of anilines is 2. The van der Waals surface area contributed by atoms with Crippen LogP contribution in [0.15, 0.2) is 36.4 Å². The number of hydrogen-bond acceptors (Lipinski definition) is 5. The number of alkyl halides is 6. The second-order valence-electron chi connectivity index (χ2n) is 14.4. The third-order valence-electron chi connectivity index (χ3n) is 11.3. The van der Waals surface area contributed by atoms with E-state index >= 15 is 0 Å². The minimum absolute atomic E-state index is 0.0222. The summed E-state index contributed by atoms with van der Waals surface area (Å²) in [5.74, 6) is -0.408. The molecule has 4 aliphatic rings. The number of likely N-dealkylation sites (tertiary alicyclic amines) is 2. The van der Waals surface area contributed by atoms with Crippen molar-refractivity contribution in [3.05, 3.63) is 58.7 Å². The van der Waals surface area contributed by atoms with E-state index in [0.717, 1.165) is 30.5 Å². The van der Waals surface area contributed by atoms with Gasteiger partial charge in [-0.1, -0.05) is 18.2 Å². The molecule has 0 unspecified atom stereocenters. The van der Waals surface area contributed by atoms with Gasteiger partial charge in [0.25, 0.3) is 0 Å². The van der Waals surface area contributed by atoms with Gasteiger partial charge in [-0.25, -0.2) is 14.4 Å². The Bertz CT molecular complexity index is 1600. The van der Waals surface area contributed by atoms with Gasteiger partial charge in [-0.3, -0.25) is 4.48 Å². The van der Waals surface area contributed by atoms with Crippen molar-refractivity contribution in [2.45, 2.75) is 88.3 Å². The number of nitrogens with zero attached hydrogens (tertiary/aromatic N) is 3. The quantitative estimate of drug-likeness (QED) is 0.171. The maximum Gasteiger partial charge on any atom is 0.418 e. The van der Waals surface area contributed by atoms with Gasteiger partial charge in [-0.15, -0.1) is 0 Å². The number of rotatable bonds is 6. The maximum absolute atomic E-state index is 14.8. The van der Waals surface area contributed by atoms with Gasteiger partial charge >= 0.3 is 30.3 Å². The number of piperidine rings is 3. The molecule has 3 fully saturated rings. The van der Waals surface area contributed by atoms with Crippen molar-refractivity contribution in [3.63, 3.8) is 0 Å². The van der Waals surface area contributed by atoms with Crippen molar-refractivity contribution in [1.82, 2.24) is 20.4 Å². The first kappa shape index (κ1) is 37.7. The van der Waals surface area contributed by atoms with Gasteiger partial charge in [0.2, 0.25) is 0 Å². The molecule has 1 atom stereocenters. The van der Waals surface area contributed by atoms with Crippen LogP contribution in [-0.4, -0.2) is 96.2 Å². The van der Waals surface area contributed by atoms with E-state index in [0.29, 0.717) is 77.0 Å². The summed E-state index contributed by atoms with van der Waals surface area (Å²) in [6.45, 7) is 3.27. The number of urea groups is 2. The standard InChI is InChI=1S/C36H45F6N7O3/c37-35(38,39)27-20-23(21-28(31(27)43)36(40,41)42)22-30(32(50)49(18-4-1-5-19-49)26-8-13-44-14-9-26)46-33(51)47-15-11-25(12-16-47)48-17-10-24-6-2-3-7-29(24)45-34(48)52/h2-3,6-7,20-21,25-26,30,44H,1,4-5,8-19,22,43H2,(H-,45,46,51,52)/p+1/t30-/m1/s1. The fourth-order valence-corrected chi connectivity index (χ4v) is 8.55. The van der Waals surface area contributed by atoms with E-state index in [-0.39, 0.29) is 35.7 Å². The molecule has 0 aromatic heterocycles. The van der Waals surface area contributed by atoms with E-state index in [4.69, 9.17) is 5.73 Å². The largest absolute Gasteiger partial charge is 0.418 e. The second kappa shape index (κ2) is 15.1. The van der Waals surface area contributed by atoms with Crippen LogP contribution in [0.5, 0.6) is 0 Å². The summed E-state index contributed by atoms with van der Waals surface area (Å²) in [4.78, 5) is 45.1. The number of para-hydroxylation sites is 1. The summed E-state index contributed by atoms with van der Waals surface area (Å²) >= 11 is 0. The van der Waals surface area contributed by atoms with Crippen LogP contribution in [0.1, 0.15) is 67.2 Å². The van der Waals surface area contributed by atoms with Crippen molar-refractivity contribution in [2.75, 3.05) is 56.9 Å². The van der Waals surface area contributed by atoms with Gasteiger partial charge in [-0.2, -0.15) is 26.3 Å². The Labute approximate surface area is 298 Å². The minimum atomic E-state index is -5.18. The number of hydrogen-bond donors (Lipinski definition) is 4. The molecule has 0 bridgehead atoms. The molecule has 2 aromatic rings. The molecule has 5 amide bonds. The average Bonchev–Trinajstić information content (AvgIpc) is 3.29. The van der Waals surface area contributed by atoms with Crippen LogP contribution in [0.2, 0.25) is 0 Å². The molecule has 0 spiro atoms. The van der Waals surface area contributed by atoms with Gasteiger partial charge in [-0.05, 0) is 67.9 Å². The summed E-state index contributed by atoms with van der Waals surface area (Å²) in [5, 5.41) is 9.02. The SMILES string of the molecule is Nc1c(C(F)(F)F)cc(C[C@@H](NC(=O)N2CCC(N3CCc4ccccc4NC3=O)CC2)C(=O)[N+]2(C3CCNCC3)CCCCC2)cc1C(F)(F)F. The van der Waals surface area contributed by atoms with Crippen LogP contribution < -0.4 is 21.7 Å². The molecule has 5 N–H and O–H groups in total. The third-order valence-corrected chi connectivity index (χ3v) is 11.3. The molecule has 2 aromatic carbocycles. The molecule has 3 saturated heterocycles. The molecule has 0 saturated carbocycles. The Morgan fingerprint density at radius 2 is 1.52 bits per heavy atom. The number of nitrogens with two attached hydrogens (primary N) is 1. The highest BCUT2D eigenvalue weighted by molar-refractivity contribution is 5.91. The van der Waals surface area contributed by atoms with E-state index in [1.54, 1.807) is 4.90 Å². The van der Waals surface area contributed by atoms with E-state index < -0.39 is 59.1 Å². The summed E-state index contributed by atoms with van der Waals surface area (Å²) in [6.07, 6.45) is -5.67. The van der Waals surface area contributed by atoms with E-state index in [1.165, 1.54) is 4.90 Å². The monoisotopic (exact) mass is 738 g/mol. The number of quaternary nitrogens is 1. The van der Waals surface area contributed by atoms with Crippen molar-refractivity contribution in [3.8, 4) is 0 Å². The fraction of sp³-hybridized carbons (Fsp3) is 0.583. The first-order chi connectivity index (χ1) is 24.7. The van der Waals surface area contributed by atoms with E-state index in [2.05, 4.69) is 16.0 Å². The number of benzene rings is 2.